The molecule has 1 aromatic carbocycles. The summed E-state index contributed by atoms with van der Waals surface area (Å²) in [5.41, 5.74) is 3.68. The molecule has 0 atom stereocenters. The van der Waals surface area contributed by atoms with Crippen molar-refractivity contribution in [1.29, 1.82) is 0 Å². The van der Waals surface area contributed by atoms with Gasteiger partial charge in [0.2, 0.25) is 5.52 Å². The molecule has 2 rings (SSSR count). The van der Waals surface area contributed by atoms with Crippen molar-refractivity contribution in [3.8, 4) is 5.75 Å². The Labute approximate surface area is 109 Å². The number of hydrogen-bond acceptors (Lipinski definition) is 2. The van der Waals surface area contributed by atoms with Gasteiger partial charge in [0.25, 0.3) is 0 Å². The van der Waals surface area contributed by atoms with E-state index in [0.29, 0.717) is 5.52 Å². The first-order chi connectivity index (χ1) is 7.97. The quantitative estimate of drug-likeness (QED) is 0.598. The van der Waals surface area contributed by atoms with E-state index in [4.69, 9.17) is 4.74 Å². The van der Waals surface area contributed by atoms with Gasteiger partial charge in [0.05, 0.1) is 17.0 Å². The van der Waals surface area contributed by atoms with E-state index in [9.17, 15) is 5.21 Å². The predicted octanol–water partition coefficient (Wildman–Crippen LogP) is 3.17. The molecule has 17 heavy (non-hydrogen) atoms. The van der Waals surface area contributed by atoms with Crippen LogP contribution in [0.25, 0.3) is 10.9 Å². The summed E-state index contributed by atoms with van der Waals surface area (Å²) in [5, 5.41) is 12.9. The lowest BCUT2D eigenvalue weighted by Gasteiger charge is -2.13. The highest BCUT2D eigenvalue weighted by Crippen LogP contribution is 2.36. The molecule has 0 saturated carbocycles. The molecule has 1 heterocycles. The number of fused-ring (bicyclic) bond motifs is 1. The Morgan fingerprint density at radius 2 is 1.88 bits per heavy atom. The zero-order valence-corrected chi connectivity index (χ0v) is 11.9. The van der Waals surface area contributed by atoms with E-state index < -0.39 is 0 Å². The van der Waals surface area contributed by atoms with E-state index in [1.165, 1.54) is 0 Å². The number of hydrogen-bond donors (Lipinski definition) is 0. The summed E-state index contributed by atoms with van der Waals surface area (Å²) in [7, 11) is 1.63. The molecule has 0 spiro atoms. The summed E-state index contributed by atoms with van der Waals surface area (Å²) in [6.07, 6.45) is 1.61. The Hall–Kier alpha value is -1.29. The Kier molecular flexibility index (Phi) is 3.00. The van der Waals surface area contributed by atoms with Crippen LogP contribution < -0.4 is 9.47 Å². The third kappa shape index (κ3) is 1.76. The highest BCUT2D eigenvalue weighted by Gasteiger charge is 2.18. The van der Waals surface area contributed by atoms with Gasteiger partial charge >= 0.3 is 0 Å². The second-order valence-corrected chi connectivity index (χ2v) is 4.99. The number of benzene rings is 1. The maximum absolute atomic E-state index is 12.0. The Morgan fingerprint density at radius 3 is 2.47 bits per heavy atom. The zero-order valence-electron chi connectivity index (χ0n) is 10.3. The molecule has 0 N–H and O–H groups in total. The van der Waals surface area contributed by atoms with Crippen LogP contribution in [0.5, 0.6) is 5.75 Å². The van der Waals surface area contributed by atoms with Crippen LogP contribution in [0.2, 0.25) is 0 Å². The molecule has 0 aliphatic heterocycles. The Bertz CT molecular complexity index is 608. The maximum atomic E-state index is 12.0. The van der Waals surface area contributed by atoms with Gasteiger partial charge in [0.1, 0.15) is 5.75 Å². The normalized spacial score (nSPS) is 10.9. The summed E-state index contributed by atoms with van der Waals surface area (Å²) in [4.78, 5) is 0. The zero-order chi connectivity index (χ0) is 12.7. The molecule has 1 aromatic heterocycles. The van der Waals surface area contributed by atoms with Gasteiger partial charge in [-0.25, -0.2) is 0 Å². The first kappa shape index (κ1) is 12.2. The number of ether oxygens (including phenoxy) is 1. The lowest BCUT2D eigenvalue weighted by Crippen LogP contribution is -2.28. The van der Waals surface area contributed by atoms with Crippen molar-refractivity contribution >= 4 is 26.8 Å². The SMILES string of the molecule is COc1cc(C)c2c(c(C)c(C)c[n+]2[O-])c1Br. The lowest BCUT2D eigenvalue weighted by atomic mass is 10.0. The van der Waals surface area contributed by atoms with Gasteiger partial charge in [0.15, 0.2) is 6.20 Å². The molecular formula is C13H14BrNO2. The van der Waals surface area contributed by atoms with Gasteiger partial charge in [-0.1, -0.05) is 0 Å². The number of pyridine rings is 1. The van der Waals surface area contributed by atoms with E-state index in [-0.39, 0.29) is 0 Å². The van der Waals surface area contributed by atoms with Gasteiger partial charge in [-0.3, -0.25) is 0 Å². The monoisotopic (exact) mass is 295 g/mol. The molecule has 0 fully saturated rings. The van der Waals surface area contributed by atoms with Gasteiger partial charge in [-0.15, -0.1) is 0 Å². The van der Waals surface area contributed by atoms with Crippen LogP contribution in [0.3, 0.4) is 0 Å². The van der Waals surface area contributed by atoms with Crippen LogP contribution in [-0.2, 0) is 0 Å². The van der Waals surface area contributed by atoms with Gasteiger partial charge < -0.3 is 9.94 Å². The number of methoxy groups -OCH3 is 1. The van der Waals surface area contributed by atoms with E-state index in [1.807, 2.05) is 26.8 Å². The van der Waals surface area contributed by atoms with E-state index >= 15 is 0 Å². The third-order valence-electron chi connectivity index (χ3n) is 3.11. The van der Waals surface area contributed by atoms with Crippen molar-refractivity contribution in [2.24, 2.45) is 0 Å². The number of rotatable bonds is 1. The number of aryl methyl sites for hydroxylation is 3. The highest BCUT2D eigenvalue weighted by atomic mass is 79.9. The Morgan fingerprint density at radius 1 is 1.24 bits per heavy atom. The van der Waals surface area contributed by atoms with E-state index in [0.717, 1.165) is 37.0 Å². The van der Waals surface area contributed by atoms with Gasteiger partial charge in [-0.2, -0.15) is 4.73 Å². The standard InChI is InChI=1S/C13H14BrNO2/c1-7-5-10(17-4)12(14)11-9(3)8(2)6-15(16)13(7)11/h5-6H,1-4H3. The minimum atomic E-state index is 0.695. The topological polar surface area (TPSA) is 36.2 Å². The van der Waals surface area contributed by atoms with Crippen molar-refractivity contribution in [2.75, 3.05) is 7.11 Å². The number of aromatic nitrogens is 1. The third-order valence-corrected chi connectivity index (χ3v) is 3.90. The van der Waals surface area contributed by atoms with Crippen LogP contribution in [0, 0.1) is 26.0 Å². The molecule has 90 valence electrons. The smallest absolute Gasteiger partial charge is 0.228 e. The fourth-order valence-corrected chi connectivity index (χ4v) is 2.82. The second-order valence-electron chi connectivity index (χ2n) is 4.20. The fourth-order valence-electron chi connectivity index (χ4n) is 2.06. The summed E-state index contributed by atoms with van der Waals surface area (Å²) < 4.78 is 7.08. The minimum absolute atomic E-state index is 0.695. The second kappa shape index (κ2) is 4.18. The molecule has 2 aromatic rings. The maximum Gasteiger partial charge on any atom is 0.228 e. The molecule has 3 nitrogen and oxygen atoms in total. The van der Waals surface area contributed by atoms with Crippen LogP contribution in [0.1, 0.15) is 16.7 Å². The van der Waals surface area contributed by atoms with E-state index in [2.05, 4.69) is 15.9 Å². The highest BCUT2D eigenvalue weighted by molar-refractivity contribution is 9.10. The first-order valence-corrected chi connectivity index (χ1v) is 6.12. The predicted molar refractivity (Wildman–Crippen MR) is 71.4 cm³/mol. The molecule has 0 unspecified atom stereocenters. The van der Waals surface area contributed by atoms with E-state index in [1.54, 1.807) is 13.3 Å². The van der Waals surface area contributed by atoms with Crippen molar-refractivity contribution in [3.63, 3.8) is 0 Å². The summed E-state index contributed by atoms with van der Waals surface area (Å²) in [6.45, 7) is 5.87. The summed E-state index contributed by atoms with van der Waals surface area (Å²) >= 11 is 3.52. The van der Waals surface area contributed by atoms with Crippen LogP contribution in [0.15, 0.2) is 16.7 Å². The summed E-state index contributed by atoms with van der Waals surface area (Å²) in [6, 6.07) is 1.87. The van der Waals surface area contributed by atoms with Crippen LogP contribution in [0.4, 0.5) is 0 Å². The average Bonchev–Trinajstić information content (AvgIpc) is 2.28. The molecule has 4 heteroatoms. The first-order valence-electron chi connectivity index (χ1n) is 5.33. The fraction of sp³-hybridized carbons (Fsp3) is 0.308. The summed E-state index contributed by atoms with van der Waals surface area (Å²) in [5.74, 6) is 0.753. The molecular weight excluding hydrogens is 282 g/mol. The number of nitrogens with zero attached hydrogens (tertiary/aromatic N) is 1. The molecule has 0 bridgehead atoms. The molecule has 0 amide bonds. The van der Waals surface area contributed by atoms with Crippen molar-refractivity contribution in [1.82, 2.24) is 0 Å². The van der Waals surface area contributed by atoms with Crippen molar-refractivity contribution < 1.29 is 9.47 Å². The molecule has 0 saturated heterocycles. The largest absolute Gasteiger partial charge is 0.618 e. The van der Waals surface area contributed by atoms with Crippen molar-refractivity contribution in [3.05, 3.63) is 38.6 Å². The van der Waals surface area contributed by atoms with Crippen LogP contribution >= 0.6 is 15.9 Å². The minimum Gasteiger partial charge on any atom is -0.618 e. The lowest BCUT2D eigenvalue weighted by molar-refractivity contribution is -0.577. The van der Waals surface area contributed by atoms with Gasteiger partial charge in [0, 0.05) is 11.1 Å². The molecule has 0 aliphatic rings. The van der Waals surface area contributed by atoms with Crippen LogP contribution in [-0.4, -0.2) is 7.11 Å². The van der Waals surface area contributed by atoms with Gasteiger partial charge in [-0.05, 0) is 48.3 Å². The number of halogens is 1. The average molecular weight is 296 g/mol. The molecule has 0 aliphatic carbocycles. The molecule has 0 radical (unpaired) electrons. The van der Waals surface area contributed by atoms with Crippen molar-refractivity contribution in [2.45, 2.75) is 20.8 Å². The Balaban J connectivity index is 3.05.